The zero-order valence-corrected chi connectivity index (χ0v) is 10.8. The van der Waals surface area contributed by atoms with Gasteiger partial charge in [-0.3, -0.25) is 4.79 Å². The molecule has 0 aliphatic heterocycles. The number of benzene rings is 1. The second-order valence-corrected chi connectivity index (χ2v) is 4.47. The van der Waals surface area contributed by atoms with Gasteiger partial charge in [0.2, 0.25) is 0 Å². The molecule has 0 spiro atoms. The van der Waals surface area contributed by atoms with Gasteiger partial charge in [0.15, 0.2) is 0 Å². The predicted molar refractivity (Wildman–Crippen MR) is 70.9 cm³/mol. The number of anilines is 2. The van der Waals surface area contributed by atoms with Crippen molar-refractivity contribution in [1.29, 1.82) is 0 Å². The van der Waals surface area contributed by atoms with Gasteiger partial charge >= 0.3 is 5.97 Å². The SMILES string of the molecule is CC(CC(=O)O)N(C)c1ccc(N(C)C)cc1. The van der Waals surface area contributed by atoms with Crippen LogP contribution < -0.4 is 9.80 Å². The van der Waals surface area contributed by atoms with Gasteiger partial charge < -0.3 is 14.9 Å². The summed E-state index contributed by atoms with van der Waals surface area (Å²) in [6.07, 6.45) is 0.145. The Morgan fingerprint density at radius 2 is 1.65 bits per heavy atom. The third kappa shape index (κ3) is 3.66. The minimum absolute atomic E-state index is 0.0160. The molecule has 1 rings (SSSR count). The molecule has 0 heterocycles. The number of nitrogens with zero attached hydrogens (tertiary/aromatic N) is 2. The first-order valence-corrected chi connectivity index (χ1v) is 5.64. The van der Waals surface area contributed by atoms with Crippen LogP contribution >= 0.6 is 0 Å². The Morgan fingerprint density at radius 3 is 2.06 bits per heavy atom. The molecule has 1 aromatic rings. The summed E-state index contributed by atoms with van der Waals surface area (Å²) in [6, 6.07) is 8.05. The topological polar surface area (TPSA) is 43.8 Å². The molecule has 0 aliphatic carbocycles. The summed E-state index contributed by atoms with van der Waals surface area (Å²) in [5.74, 6) is -0.769. The summed E-state index contributed by atoms with van der Waals surface area (Å²) in [7, 11) is 5.90. The van der Waals surface area contributed by atoms with Gasteiger partial charge in [0, 0.05) is 38.6 Å². The highest BCUT2D eigenvalue weighted by Crippen LogP contribution is 2.20. The maximum atomic E-state index is 10.7. The summed E-state index contributed by atoms with van der Waals surface area (Å²) in [4.78, 5) is 14.7. The van der Waals surface area contributed by atoms with Crippen molar-refractivity contribution in [3.63, 3.8) is 0 Å². The van der Waals surface area contributed by atoms with Gasteiger partial charge in [0.05, 0.1) is 6.42 Å². The number of rotatable bonds is 5. The van der Waals surface area contributed by atoms with E-state index in [2.05, 4.69) is 0 Å². The van der Waals surface area contributed by atoms with E-state index in [9.17, 15) is 4.79 Å². The Balaban J connectivity index is 2.75. The third-order valence-electron chi connectivity index (χ3n) is 2.90. The molecule has 0 fully saturated rings. The second kappa shape index (κ2) is 5.57. The standard InChI is InChI=1S/C13H20N2O2/c1-10(9-13(16)17)15(4)12-7-5-11(6-8-12)14(2)3/h5-8,10H,9H2,1-4H3,(H,16,17). The van der Waals surface area contributed by atoms with Gasteiger partial charge in [-0.2, -0.15) is 0 Å². The number of carboxylic acid groups (broad SMARTS) is 1. The fourth-order valence-corrected chi connectivity index (χ4v) is 1.63. The van der Waals surface area contributed by atoms with E-state index in [1.165, 1.54) is 0 Å². The molecule has 0 aromatic heterocycles. The van der Waals surface area contributed by atoms with E-state index in [4.69, 9.17) is 5.11 Å². The lowest BCUT2D eigenvalue weighted by Crippen LogP contribution is -2.30. The Hall–Kier alpha value is -1.71. The van der Waals surface area contributed by atoms with Crippen LogP contribution in [-0.2, 0) is 4.79 Å². The van der Waals surface area contributed by atoms with Crippen LogP contribution in [0.15, 0.2) is 24.3 Å². The molecule has 1 atom stereocenters. The highest BCUT2D eigenvalue weighted by molar-refractivity contribution is 5.68. The van der Waals surface area contributed by atoms with Gasteiger partial charge in [-0.25, -0.2) is 0 Å². The van der Waals surface area contributed by atoms with Crippen molar-refractivity contribution in [2.75, 3.05) is 30.9 Å². The number of aliphatic carboxylic acids is 1. The molecule has 0 bridgehead atoms. The zero-order valence-electron chi connectivity index (χ0n) is 10.8. The monoisotopic (exact) mass is 236 g/mol. The van der Waals surface area contributed by atoms with Crippen molar-refractivity contribution >= 4 is 17.3 Å². The lowest BCUT2D eigenvalue weighted by Gasteiger charge is -2.26. The predicted octanol–water partition coefficient (Wildman–Crippen LogP) is 2.05. The van der Waals surface area contributed by atoms with Gasteiger partial charge in [-0.1, -0.05) is 0 Å². The average Bonchev–Trinajstić information content (AvgIpc) is 2.27. The summed E-state index contributed by atoms with van der Waals surface area (Å²) in [5.41, 5.74) is 2.16. The summed E-state index contributed by atoms with van der Waals surface area (Å²) in [5, 5.41) is 8.76. The Bertz CT molecular complexity index is 374. The number of hydrogen-bond acceptors (Lipinski definition) is 3. The molecular weight excluding hydrogens is 216 g/mol. The molecule has 0 aliphatic rings. The molecule has 0 amide bonds. The van der Waals surface area contributed by atoms with Crippen molar-refractivity contribution in [2.45, 2.75) is 19.4 Å². The van der Waals surface area contributed by atoms with Crippen LogP contribution in [-0.4, -0.2) is 38.3 Å². The second-order valence-electron chi connectivity index (χ2n) is 4.47. The van der Waals surface area contributed by atoms with Crippen LogP contribution in [0.3, 0.4) is 0 Å². The summed E-state index contributed by atoms with van der Waals surface area (Å²) < 4.78 is 0. The number of carbonyl (C=O) groups is 1. The minimum Gasteiger partial charge on any atom is -0.481 e. The van der Waals surface area contributed by atoms with E-state index >= 15 is 0 Å². The minimum atomic E-state index is -0.769. The molecule has 0 saturated carbocycles. The van der Waals surface area contributed by atoms with Crippen LogP contribution in [0.25, 0.3) is 0 Å². The molecule has 1 aromatic carbocycles. The Labute approximate surface area is 102 Å². The normalized spacial score (nSPS) is 12.0. The number of hydrogen-bond donors (Lipinski definition) is 1. The smallest absolute Gasteiger partial charge is 0.305 e. The van der Waals surface area contributed by atoms with Gasteiger partial charge in [-0.15, -0.1) is 0 Å². The van der Waals surface area contributed by atoms with E-state index in [0.717, 1.165) is 11.4 Å². The van der Waals surface area contributed by atoms with E-state index in [1.54, 1.807) is 0 Å². The number of carboxylic acids is 1. The average molecular weight is 236 g/mol. The molecular formula is C13H20N2O2. The van der Waals surface area contributed by atoms with Crippen molar-refractivity contribution in [2.24, 2.45) is 0 Å². The first-order valence-electron chi connectivity index (χ1n) is 5.64. The van der Waals surface area contributed by atoms with E-state index in [-0.39, 0.29) is 12.5 Å². The van der Waals surface area contributed by atoms with Crippen LogP contribution in [0.1, 0.15) is 13.3 Å². The van der Waals surface area contributed by atoms with Crippen molar-refractivity contribution in [3.8, 4) is 0 Å². The molecule has 94 valence electrons. The van der Waals surface area contributed by atoms with Gasteiger partial charge in [0.1, 0.15) is 0 Å². The van der Waals surface area contributed by atoms with E-state index < -0.39 is 5.97 Å². The molecule has 4 nitrogen and oxygen atoms in total. The largest absolute Gasteiger partial charge is 0.481 e. The first kappa shape index (κ1) is 13.4. The van der Waals surface area contributed by atoms with E-state index in [1.807, 2.05) is 62.1 Å². The maximum Gasteiger partial charge on any atom is 0.305 e. The van der Waals surface area contributed by atoms with Gasteiger partial charge in [-0.05, 0) is 31.2 Å². The quantitative estimate of drug-likeness (QED) is 0.849. The Kier molecular flexibility index (Phi) is 4.37. The zero-order chi connectivity index (χ0) is 13.0. The van der Waals surface area contributed by atoms with Crippen LogP contribution in [0.2, 0.25) is 0 Å². The highest BCUT2D eigenvalue weighted by atomic mass is 16.4. The van der Waals surface area contributed by atoms with Crippen molar-refractivity contribution in [1.82, 2.24) is 0 Å². The lowest BCUT2D eigenvalue weighted by atomic mass is 10.2. The van der Waals surface area contributed by atoms with Crippen LogP contribution in [0.5, 0.6) is 0 Å². The molecule has 1 N–H and O–H groups in total. The van der Waals surface area contributed by atoms with Crippen molar-refractivity contribution in [3.05, 3.63) is 24.3 Å². The molecule has 1 unspecified atom stereocenters. The molecule has 0 radical (unpaired) electrons. The van der Waals surface area contributed by atoms with Crippen molar-refractivity contribution < 1.29 is 9.90 Å². The van der Waals surface area contributed by atoms with Crippen LogP contribution in [0, 0.1) is 0 Å². The third-order valence-corrected chi connectivity index (χ3v) is 2.90. The summed E-state index contributed by atoms with van der Waals surface area (Å²) in [6.45, 7) is 1.91. The van der Waals surface area contributed by atoms with E-state index in [0.29, 0.717) is 0 Å². The van der Waals surface area contributed by atoms with Gasteiger partial charge in [0.25, 0.3) is 0 Å². The Morgan fingerprint density at radius 1 is 1.18 bits per heavy atom. The lowest BCUT2D eigenvalue weighted by molar-refractivity contribution is -0.137. The molecule has 4 heteroatoms. The molecule has 0 saturated heterocycles. The maximum absolute atomic E-state index is 10.7. The van der Waals surface area contributed by atoms with Crippen LogP contribution in [0.4, 0.5) is 11.4 Å². The fraction of sp³-hybridized carbons (Fsp3) is 0.462. The molecule has 17 heavy (non-hydrogen) atoms. The fourth-order valence-electron chi connectivity index (χ4n) is 1.63. The first-order chi connectivity index (χ1) is 7.91. The highest BCUT2D eigenvalue weighted by Gasteiger charge is 2.13. The summed E-state index contributed by atoms with van der Waals surface area (Å²) >= 11 is 0.